The van der Waals surface area contributed by atoms with E-state index in [0.717, 1.165) is 15.9 Å². The van der Waals surface area contributed by atoms with Crippen molar-refractivity contribution in [3.05, 3.63) is 127 Å². The summed E-state index contributed by atoms with van der Waals surface area (Å²) in [4.78, 5) is 39.8. The second-order valence-electron chi connectivity index (χ2n) is 10.6. The first-order valence-electron chi connectivity index (χ1n) is 14.4. The molecule has 0 spiro atoms. The van der Waals surface area contributed by atoms with Crippen LogP contribution >= 0.6 is 34.8 Å². The topological polar surface area (TPSA) is 139 Å². The van der Waals surface area contributed by atoms with Crippen LogP contribution in [0.1, 0.15) is 16.7 Å². The van der Waals surface area contributed by atoms with Gasteiger partial charge in [-0.25, -0.2) is 8.42 Å². The second kappa shape index (κ2) is 15.7. The van der Waals surface area contributed by atoms with E-state index in [-0.39, 0.29) is 45.0 Å². The molecule has 0 aromatic heterocycles. The van der Waals surface area contributed by atoms with E-state index in [9.17, 15) is 28.1 Å². The Kier molecular flexibility index (Phi) is 11.9. The molecule has 0 bridgehead atoms. The third kappa shape index (κ3) is 8.19. The molecule has 1 atom stereocenters. The van der Waals surface area contributed by atoms with E-state index in [1.54, 1.807) is 48.5 Å². The van der Waals surface area contributed by atoms with E-state index in [1.807, 2.05) is 0 Å². The number of nitro benzene ring substituents is 1. The summed E-state index contributed by atoms with van der Waals surface area (Å²) in [6, 6.07) is 20.2. The largest absolute Gasteiger partial charge is 0.495 e. The molecule has 11 nitrogen and oxygen atoms in total. The van der Waals surface area contributed by atoms with Crippen molar-refractivity contribution in [3.8, 4) is 5.75 Å². The summed E-state index contributed by atoms with van der Waals surface area (Å²) in [7, 11) is -1.99. The molecule has 0 aliphatic heterocycles. The monoisotopic (exact) mass is 732 g/mol. The fourth-order valence-corrected chi connectivity index (χ4v) is 7.14. The zero-order chi connectivity index (χ0) is 35.2. The number of hydrogen-bond acceptors (Lipinski definition) is 7. The van der Waals surface area contributed by atoms with E-state index in [1.165, 1.54) is 56.3 Å². The quantitative estimate of drug-likeness (QED) is 0.123. The maximum atomic E-state index is 14.6. The molecule has 252 valence electrons. The Balaban J connectivity index is 1.91. The van der Waals surface area contributed by atoms with Gasteiger partial charge in [-0.1, -0.05) is 77.3 Å². The molecule has 0 aliphatic rings. The number of methoxy groups -OCH3 is 1. The first kappa shape index (κ1) is 36.5. The summed E-state index contributed by atoms with van der Waals surface area (Å²) in [5.74, 6) is -1.30. The predicted molar refractivity (Wildman–Crippen MR) is 185 cm³/mol. The summed E-state index contributed by atoms with van der Waals surface area (Å²) in [6.07, 6.45) is 0.0612. The number of nitrogens with zero attached hydrogens (tertiary/aromatic N) is 3. The highest BCUT2D eigenvalue weighted by molar-refractivity contribution is 7.92. The highest BCUT2D eigenvalue weighted by atomic mass is 35.5. The van der Waals surface area contributed by atoms with Gasteiger partial charge in [0, 0.05) is 52.3 Å². The number of halogens is 3. The van der Waals surface area contributed by atoms with Gasteiger partial charge >= 0.3 is 0 Å². The summed E-state index contributed by atoms with van der Waals surface area (Å²) >= 11 is 19.3. The van der Waals surface area contributed by atoms with Crippen molar-refractivity contribution in [1.82, 2.24) is 10.2 Å². The predicted octanol–water partition coefficient (Wildman–Crippen LogP) is 6.45. The van der Waals surface area contributed by atoms with Crippen molar-refractivity contribution in [2.75, 3.05) is 25.0 Å². The van der Waals surface area contributed by atoms with Gasteiger partial charge in [0.2, 0.25) is 11.8 Å². The summed E-state index contributed by atoms with van der Waals surface area (Å²) in [6.45, 7) is 0.336. The van der Waals surface area contributed by atoms with Gasteiger partial charge in [0.25, 0.3) is 15.7 Å². The fourth-order valence-electron chi connectivity index (χ4n) is 5.02. The molecular weight excluding hydrogens is 703 g/mol. The Labute approximate surface area is 293 Å². The Bertz CT molecular complexity index is 1920. The summed E-state index contributed by atoms with van der Waals surface area (Å²) in [5.41, 5.74) is 0.746. The number of likely N-dealkylation sites (N-methyl/N-ethyl adjacent to an activating group) is 1. The van der Waals surface area contributed by atoms with E-state index < -0.39 is 49.9 Å². The number of carbonyl (C=O) groups excluding carboxylic acids is 2. The molecule has 4 aromatic carbocycles. The number of nitro groups is 1. The molecule has 1 N–H and O–H groups in total. The lowest BCUT2D eigenvalue weighted by atomic mass is 10.0. The van der Waals surface area contributed by atoms with Crippen LogP contribution in [-0.4, -0.2) is 56.8 Å². The van der Waals surface area contributed by atoms with Gasteiger partial charge in [-0.05, 0) is 48.9 Å². The SMILES string of the molecule is CNC(=O)[C@@H](Cc1ccccc1)N(Cc1c(Cl)cccc1Cl)C(=O)CN(c1cc(Cl)ccc1OC)S(=O)(=O)c1ccc(C)c([N+](=O)[O-])c1. The first-order chi connectivity index (χ1) is 22.8. The zero-order valence-electron chi connectivity index (χ0n) is 26.0. The molecule has 0 unspecified atom stereocenters. The van der Waals surface area contributed by atoms with Crippen molar-refractivity contribution < 1.29 is 27.7 Å². The van der Waals surface area contributed by atoms with Crippen LogP contribution in [0.25, 0.3) is 0 Å². The lowest BCUT2D eigenvalue weighted by molar-refractivity contribution is -0.385. The Morgan fingerprint density at radius 3 is 2.23 bits per heavy atom. The van der Waals surface area contributed by atoms with Gasteiger partial charge in [-0.2, -0.15) is 0 Å². The zero-order valence-corrected chi connectivity index (χ0v) is 29.1. The minimum absolute atomic E-state index is 0.0465. The Hall–Kier alpha value is -4.36. The molecule has 0 saturated carbocycles. The number of rotatable bonds is 13. The smallest absolute Gasteiger partial charge is 0.273 e. The molecule has 0 fully saturated rings. The highest BCUT2D eigenvalue weighted by Gasteiger charge is 2.36. The first-order valence-corrected chi connectivity index (χ1v) is 16.9. The number of amides is 2. The van der Waals surface area contributed by atoms with Crippen LogP contribution in [0.2, 0.25) is 15.1 Å². The number of ether oxygens (including phenoxy) is 1. The average molecular weight is 734 g/mol. The van der Waals surface area contributed by atoms with Crippen molar-refractivity contribution in [1.29, 1.82) is 0 Å². The van der Waals surface area contributed by atoms with Crippen LogP contribution in [0.3, 0.4) is 0 Å². The molecule has 0 saturated heterocycles. The van der Waals surface area contributed by atoms with Gasteiger partial charge in [-0.15, -0.1) is 0 Å². The third-order valence-corrected chi connectivity index (χ3v) is 10.3. The summed E-state index contributed by atoms with van der Waals surface area (Å²) < 4.78 is 35.0. The second-order valence-corrected chi connectivity index (χ2v) is 13.7. The van der Waals surface area contributed by atoms with Crippen molar-refractivity contribution in [3.63, 3.8) is 0 Å². The van der Waals surface area contributed by atoms with Crippen LogP contribution < -0.4 is 14.4 Å². The van der Waals surface area contributed by atoms with Crippen molar-refractivity contribution in [2.24, 2.45) is 0 Å². The van der Waals surface area contributed by atoms with Gasteiger partial charge in [0.15, 0.2) is 0 Å². The normalized spacial score (nSPS) is 11.8. The molecule has 48 heavy (non-hydrogen) atoms. The van der Waals surface area contributed by atoms with Gasteiger partial charge in [-0.3, -0.25) is 24.0 Å². The van der Waals surface area contributed by atoms with Crippen LogP contribution in [0.4, 0.5) is 11.4 Å². The molecule has 2 amide bonds. The number of sulfonamides is 1. The van der Waals surface area contributed by atoms with Gasteiger partial charge < -0.3 is 15.0 Å². The minimum Gasteiger partial charge on any atom is -0.495 e. The summed E-state index contributed by atoms with van der Waals surface area (Å²) in [5, 5.41) is 14.9. The molecule has 4 aromatic rings. The minimum atomic E-state index is -4.71. The van der Waals surface area contributed by atoms with E-state index in [2.05, 4.69) is 5.32 Å². The van der Waals surface area contributed by atoms with Gasteiger partial charge in [0.1, 0.15) is 18.3 Å². The number of carbonyl (C=O) groups is 2. The third-order valence-electron chi connectivity index (χ3n) is 7.56. The van der Waals surface area contributed by atoms with E-state index in [4.69, 9.17) is 39.5 Å². The molecule has 0 radical (unpaired) electrons. The number of aryl methyl sites for hydroxylation is 1. The van der Waals surface area contributed by atoms with Gasteiger partial charge in [0.05, 0.1) is 22.6 Å². The molecule has 4 rings (SSSR count). The lowest BCUT2D eigenvalue weighted by Crippen LogP contribution is -2.53. The Morgan fingerprint density at radius 1 is 0.958 bits per heavy atom. The molecular formula is C33H31Cl3N4O7S. The molecule has 0 aliphatic carbocycles. The maximum Gasteiger partial charge on any atom is 0.273 e. The number of anilines is 1. The standard InChI is InChI=1S/C33H31Cl3N4O7S/c1-21-12-14-24(18-28(21)40(43)44)48(45,46)39(29-17-23(34)13-15-31(29)47-3)20-32(41)38(19-25-26(35)10-7-11-27(25)36)30(33(42)37-2)16-22-8-5-4-6-9-22/h4-15,17-18,30H,16,19-20H2,1-3H3,(H,37,42)/t30-/m1/s1. The average Bonchev–Trinajstić information content (AvgIpc) is 3.06. The number of benzene rings is 4. The van der Waals surface area contributed by atoms with Crippen LogP contribution in [0.15, 0.2) is 89.8 Å². The van der Waals surface area contributed by atoms with Crippen LogP contribution in [0.5, 0.6) is 5.75 Å². The van der Waals surface area contributed by atoms with Crippen molar-refractivity contribution in [2.45, 2.75) is 30.8 Å². The highest BCUT2D eigenvalue weighted by Crippen LogP contribution is 2.36. The fraction of sp³-hybridized carbons (Fsp3) is 0.212. The van der Waals surface area contributed by atoms with E-state index >= 15 is 0 Å². The van der Waals surface area contributed by atoms with Crippen LogP contribution in [0, 0.1) is 17.0 Å². The maximum absolute atomic E-state index is 14.6. The number of hydrogen-bond donors (Lipinski definition) is 1. The molecule has 0 heterocycles. The Morgan fingerprint density at radius 2 is 1.62 bits per heavy atom. The lowest BCUT2D eigenvalue weighted by Gasteiger charge is -2.34. The number of nitrogens with one attached hydrogen (secondary N) is 1. The molecule has 15 heteroatoms. The van der Waals surface area contributed by atoms with Crippen molar-refractivity contribution >= 4 is 68.0 Å². The van der Waals surface area contributed by atoms with E-state index in [0.29, 0.717) is 5.56 Å². The van der Waals surface area contributed by atoms with Crippen LogP contribution in [-0.2, 0) is 32.6 Å².